The molecular formula is C12H24ClN3O3. The normalized spacial score (nSPS) is 17.2. The van der Waals surface area contributed by atoms with E-state index in [0.29, 0.717) is 26.0 Å². The van der Waals surface area contributed by atoms with Crippen molar-refractivity contribution in [3.63, 3.8) is 0 Å². The summed E-state index contributed by atoms with van der Waals surface area (Å²) < 4.78 is 4.81. The molecule has 1 aliphatic carbocycles. The molecule has 0 heterocycles. The minimum Gasteiger partial charge on any atom is -0.383 e. The van der Waals surface area contributed by atoms with Crippen molar-refractivity contribution in [2.24, 2.45) is 5.73 Å². The van der Waals surface area contributed by atoms with Gasteiger partial charge in [0, 0.05) is 13.7 Å². The van der Waals surface area contributed by atoms with Crippen LogP contribution in [0.1, 0.15) is 32.1 Å². The first-order valence-electron chi connectivity index (χ1n) is 6.41. The van der Waals surface area contributed by atoms with Crippen LogP contribution in [0.2, 0.25) is 0 Å². The van der Waals surface area contributed by atoms with Crippen LogP contribution in [0.15, 0.2) is 0 Å². The molecule has 1 fully saturated rings. The van der Waals surface area contributed by atoms with Crippen LogP contribution in [0.5, 0.6) is 0 Å². The van der Waals surface area contributed by atoms with Crippen molar-refractivity contribution in [2.75, 3.05) is 26.8 Å². The van der Waals surface area contributed by atoms with E-state index in [9.17, 15) is 9.59 Å². The van der Waals surface area contributed by atoms with Gasteiger partial charge in [0.25, 0.3) is 0 Å². The van der Waals surface area contributed by atoms with Gasteiger partial charge >= 0.3 is 0 Å². The predicted molar refractivity (Wildman–Crippen MR) is 75.1 cm³/mol. The molecule has 112 valence electrons. The van der Waals surface area contributed by atoms with Crippen molar-refractivity contribution in [3.8, 4) is 0 Å². The van der Waals surface area contributed by atoms with Crippen LogP contribution in [-0.2, 0) is 14.3 Å². The van der Waals surface area contributed by atoms with Gasteiger partial charge in [0.1, 0.15) is 0 Å². The average molecular weight is 294 g/mol. The number of amides is 2. The monoisotopic (exact) mass is 293 g/mol. The van der Waals surface area contributed by atoms with Crippen LogP contribution in [0.25, 0.3) is 0 Å². The summed E-state index contributed by atoms with van der Waals surface area (Å²) in [7, 11) is 1.56. The average Bonchev–Trinajstić information content (AvgIpc) is 2.37. The quantitative estimate of drug-likeness (QED) is 0.599. The zero-order valence-electron chi connectivity index (χ0n) is 11.4. The Morgan fingerprint density at radius 2 is 1.84 bits per heavy atom. The maximum Gasteiger partial charge on any atom is 0.240 e. The predicted octanol–water partition coefficient (Wildman–Crippen LogP) is -0.0514. The van der Waals surface area contributed by atoms with Gasteiger partial charge in [-0.05, 0) is 12.8 Å². The van der Waals surface area contributed by atoms with E-state index in [2.05, 4.69) is 10.6 Å². The van der Waals surface area contributed by atoms with Gasteiger partial charge in [-0.15, -0.1) is 12.4 Å². The van der Waals surface area contributed by atoms with Crippen LogP contribution < -0.4 is 16.4 Å². The summed E-state index contributed by atoms with van der Waals surface area (Å²) in [6.45, 7) is 0.876. The first-order chi connectivity index (χ1) is 8.58. The second kappa shape index (κ2) is 9.12. The van der Waals surface area contributed by atoms with Gasteiger partial charge in [0.05, 0.1) is 18.7 Å². The molecular weight excluding hydrogens is 270 g/mol. The van der Waals surface area contributed by atoms with Crippen molar-refractivity contribution in [3.05, 3.63) is 0 Å². The van der Waals surface area contributed by atoms with E-state index < -0.39 is 5.54 Å². The van der Waals surface area contributed by atoms with Crippen LogP contribution in [0.4, 0.5) is 0 Å². The Balaban J connectivity index is 0.00000324. The number of nitrogens with one attached hydrogen (secondary N) is 2. The highest BCUT2D eigenvalue weighted by Crippen LogP contribution is 2.25. The van der Waals surface area contributed by atoms with E-state index in [4.69, 9.17) is 10.5 Å². The highest BCUT2D eigenvalue weighted by atomic mass is 35.5. The molecule has 0 aromatic carbocycles. The van der Waals surface area contributed by atoms with Crippen molar-refractivity contribution in [2.45, 2.75) is 37.6 Å². The Hall–Kier alpha value is -0.850. The fraction of sp³-hybridized carbons (Fsp3) is 0.833. The van der Waals surface area contributed by atoms with Crippen LogP contribution in [0, 0.1) is 0 Å². The molecule has 4 N–H and O–H groups in total. The van der Waals surface area contributed by atoms with Gasteiger partial charge in [-0.1, -0.05) is 19.3 Å². The van der Waals surface area contributed by atoms with E-state index >= 15 is 0 Å². The van der Waals surface area contributed by atoms with Gasteiger partial charge in [0.15, 0.2) is 0 Å². The lowest BCUT2D eigenvalue weighted by atomic mass is 9.82. The molecule has 1 aliphatic rings. The number of ether oxygens (including phenoxy) is 1. The lowest BCUT2D eigenvalue weighted by molar-refractivity contribution is -0.130. The minimum atomic E-state index is -0.787. The topological polar surface area (TPSA) is 93.5 Å². The Bertz CT molecular complexity index is 294. The summed E-state index contributed by atoms with van der Waals surface area (Å²) >= 11 is 0. The van der Waals surface area contributed by atoms with Crippen molar-refractivity contribution in [1.29, 1.82) is 0 Å². The zero-order chi connectivity index (χ0) is 13.4. The molecule has 19 heavy (non-hydrogen) atoms. The standard InChI is InChI=1S/C12H23N3O3.ClH/c1-18-8-7-14-10(16)9-15-11(17)12(13)5-3-2-4-6-12;/h2-9,13H2,1H3,(H,14,16)(H,15,17);1H. The summed E-state index contributed by atoms with van der Waals surface area (Å²) in [6.07, 6.45) is 4.48. The maximum atomic E-state index is 11.9. The fourth-order valence-electron chi connectivity index (χ4n) is 2.10. The molecule has 2 amide bonds. The van der Waals surface area contributed by atoms with Crippen LogP contribution >= 0.6 is 12.4 Å². The molecule has 1 rings (SSSR count). The highest BCUT2D eigenvalue weighted by molar-refractivity contribution is 5.90. The molecule has 0 aromatic rings. The van der Waals surface area contributed by atoms with Crippen LogP contribution in [-0.4, -0.2) is 44.2 Å². The summed E-state index contributed by atoms with van der Waals surface area (Å²) in [6, 6.07) is 0. The molecule has 0 spiro atoms. The van der Waals surface area contributed by atoms with Crippen LogP contribution in [0.3, 0.4) is 0 Å². The number of hydrogen-bond acceptors (Lipinski definition) is 4. The molecule has 7 heteroatoms. The van der Waals surface area contributed by atoms with Gasteiger partial charge in [-0.25, -0.2) is 0 Å². The number of methoxy groups -OCH3 is 1. The first kappa shape index (κ1) is 18.1. The van der Waals surface area contributed by atoms with Crippen molar-refractivity contribution >= 4 is 24.2 Å². The summed E-state index contributed by atoms with van der Waals surface area (Å²) in [5.74, 6) is -0.441. The van der Waals surface area contributed by atoms with Gasteiger partial charge < -0.3 is 21.1 Å². The molecule has 0 atom stereocenters. The van der Waals surface area contributed by atoms with Gasteiger partial charge in [-0.2, -0.15) is 0 Å². The number of carbonyl (C=O) groups excluding carboxylic acids is 2. The molecule has 1 saturated carbocycles. The van der Waals surface area contributed by atoms with E-state index in [0.717, 1.165) is 19.3 Å². The molecule has 0 aromatic heterocycles. The second-order valence-corrected chi connectivity index (χ2v) is 4.74. The lowest BCUT2D eigenvalue weighted by Gasteiger charge is -2.31. The number of halogens is 1. The number of nitrogens with two attached hydrogens (primary N) is 1. The van der Waals surface area contributed by atoms with E-state index in [1.54, 1.807) is 7.11 Å². The Labute approximate surface area is 120 Å². The highest BCUT2D eigenvalue weighted by Gasteiger charge is 2.35. The summed E-state index contributed by atoms with van der Waals surface area (Å²) in [5, 5.41) is 5.24. The Morgan fingerprint density at radius 3 is 2.42 bits per heavy atom. The van der Waals surface area contributed by atoms with E-state index in [1.165, 1.54) is 0 Å². The summed E-state index contributed by atoms with van der Waals surface area (Å²) in [4.78, 5) is 23.3. The molecule has 6 nitrogen and oxygen atoms in total. The molecule has 0 unspecified atom stereocenters. The third-order valence-electron chi connectivity index (χ3n) is 3.24. The first-order valence-corrected chi connectivity index (χ1v) is 6.41. The number of carbonyl (C=O) groups is 2. The number of rotatable bonds is 6. The molecule has 0 saturated heterocycles. The SMILES string of the molecule is COCCNC(=O)CNC(=O)C1(N)CCCCC1.Cl. The molecule has 0 radical (unpaired) electrons. The third-order valence-corrected chi connectivity index (χ3v) is 3.24. The lowest BCUT2D eigenvalue weighted by Crippen LogP contribution is -2.56. The van der Waals surface area contributed by atoms with E-state index in [1.807, 2.05) is 0 Å². The number of hydrogen-bond donors (Lipinski definition) is 3. The van der Waals surface area contributed by atoms with Crippen molar-refractivity contribution in [1.82, 2.24) is 10.6 Å². The Kier molecular flexibility index (Phi) is 8.71. The van der Waals surface area contributed by atoms with Crippen molar-refractivity contribution < 1.29 is 14.3 Å². The molecule has 0 aliphatic heterocycles. The smallest absolute Gasteiger partial charge is 0.240 e. The maximum absolute atomic E-state index is 11.9. The van der Waals surface area contributed by atoms with Gasteiger partial charge in [0.2, 0.25) is 11.8 Å². The second-order valence-electron chi connectivity index (χ2n) is 4.74. The zero-order valence-corrected chi connectivity index (χ0v) is 12.2. The third kappa shape index (κ3) is 6.22. The Morgan fingerprint density at radius 1 is 1.21 bits per heavy atom. The van der Waals surface area contributed by atoms with Gasteiger partial charge in [-0.3, -0.25) is 9.59 Å². The minimum absolute atomic E-state index is 0. The van der Waals surface area contributed by atoms with E-state index in [-0.39, 0.29) is 30.8 Å². The largest absolute Gasteiger partial charge is 0.383 e. The summed E-state index contributed by atoms with van der Waals surface area (Å²) in [5.41, 5.74) is 5.26. The molecule has 0 bridgehead atoms. The fourth-order valence-corrected chi connectivity index (χ4v) is 2.10.